The van der Waals surface area contributed by atoms with E-state index in [0.29, 0.717) is 11.1 Å². The molecule has 1 aliphatic carbocycles. The van der Waals surface area contributed by atoms with Crippen LogP contribution < -0.4 is 5.32 Å². The molecule has 0 aliphatic heterocycles. The SMILES string of the molecule is COC(=O)C(NC1CCCCCC1)c1cc(Cl)ccc1Br. The molecular weight excluding hydrogens is 354 g/mol. The Morgan fingerprint density at radius 3 is 2.62 bits per heavy atom. The topological polar surface area (TPSA) is 38.3 Å². The lowest BCUT2D eigenvalue weighted by molar-refractivity contribution is -0.143. The molecule has 1 aromatic rings. The van der Waals surface area contributed by atoms with E-state index in [4.69, 9.17) is 16.3 Å². The van der Waals surface area contributed by atoms with Gasteiger partial charge in [-0.1, -0.05) is 53.2 Å². The lowest BCUT2D eigenvalue weighted by Gasteiger charge is -2.24. The summed E-state index contributed by atoms with van der Waals surface area (Å²) in [5.41, 5.74) is 0.832. The minimum absolute atomic E-state index is 0.276. The number of ether oxygens (including phenoxy) is 1. The summed E-state index contributed by atoms with van der Waals surface area (Å²) in [6.07, 6.45) is 7.19. The molecule has 0 heterocycles. The highest BCUT2D eigenvalue weighted by molar-refractivity contribution is 9.10. The summed E-state index contributed by atoms with van der Waals surface area (Å²) in [7, 11) is 1.42. The van der Waals surface area contributed by atoms with Crippen molar-refractivity contribution in [3.05, 3.63) is 33.3 Å². The molecule has 116 valence electrons. The minimum Gasteiger partial charge on any atom is -0.468 e. The van der Waals surface area contributed by atoms with Gasteiger partial charge in [0.1, 0.15) is 6.04 Å². The third-order valence-corrected chi connectivity index (χ3v) is 4.92. The van der Waals surface area contributed by atoms with Crippen molar-refractivity contribution in [3.8, 4) is 0 Å². The first kappa shape index (κ1) is 16.8. The number of nitrogens with one attached hydrogen (secondary N) is 1. The van der Waals surface area contributed by atoms with Crippen LogP contribution in [0.1, 0.15) is 50.1 Å². The summed E-state index contributed by atoms with van der Waals surface area (Å²) in [5, 5.41) is 4.08. The first-order chi connectivity index (χ1) is 10.1. The molecule has 21 heavy (non-hydrogen) atoms. The fraction of sp³-hybridized carbons (Fsp3) is 0.562. The molecule has 0 spiro atoms. The van der Waals surface area contributed by atoms with Crippen LogP contribution in [0.3, 0.4) is 0 Å². The van der Waals surface area contributed by atoms with Crippen LogP contribution in [0.4, 0.5) is 0 Å². The average molecular weight is 375 g/mol. The molecule has 1 unspecified atom stereocenters. The lowest BCUT2D eigenvalue weighted by atomic mass is 10.0. The molecule has 1 N–H and O–H groups in total. The van der Waals surface area contributed by atoms with Crippen molar-refractivity contribution >= 4 is 33.5 Å². The Morgan fingerprint density at radius 1 is 1.33 bits per heavy atom. The van der Waals surface area contributed by atoms with E-state index in [-0.39, 0.29) is 5.97 Å². The maximum atomic E-state index is 12.2. The van der Waals surface area contributed by atoms with Gasteiger partial charge in [-0.3, -0.25) is 5.32 Å². The van der Waals surface area contributed by atoms with Gasteiger partial charge >= 0.3 is 5.97 Å². The van der Waals surface area contributed by atoms with Crippen LogP contribution in [0, 0.1) is 0 Å². The molecule has 0 aromatic heterocycles. The molecule has 1 aliphatic rings. The standard InChI is InChI=1S/C16H21BrClNO2/c1-21-16(20)15(13-10-11(18)8-9-14(13)17)19-12-6-4-2-3-5-7-12/h8-10,12,15,19H,2-7H2,1H3. The molecule has 0 radical (unpaired) electrons. The van der Waals surface area contributed by atoms with Crippen LogP contribution in [-0.2, 0) is 9.53 Å². The molecule has 2 rings (SSSR count). The van der Waals surface area contributed by atoms with Crippen molar-refractivity contribution in [1.82, 2.24) is 5.32 Å². The zero-order valence-electron chi connectivity index (χ0n) is 12.2. The van der Waals surface area contributed by atoms with Crippen LogP contribution in [-0.4, -0.2) is 19.1 Å². The van der Waals surface area contributed by atoms with E-state index in [9.17, 15) is 4.79 Å². The molecule has 0 amide bonds. The first-order valence-electron chi connectivity index (χ1n) is 7.40. The second kappa shape index (κ2) is 8.16. The van der Waals surface area contributed by atoms with Gasteiger partial charge < -0.3 is 4.74 Å². The van der Waals surface area contributed by atoms with Crippen molar-refractivity contribution < 1.29 is 9.53 Å². The first-order valence-corrected chi connectivity index (χ1v) is 8.57. The van der Waals surface area contributed by atoms with Crippen LogP contribution >= 0.6 is 27.5 Å². The summed E-state index contributed by atoms with van der Waals surface area (Å²) < 4.78 is 5.83. The van der Waals surface area contributed by atoms with Crippen LogP contribution in [0.25, 0.3) is 0 Å². The smallest absolute Gasteiger partial charge is 0.327 e. The summed E-state index contributed by atoms with van der Waals surface area (Å²) in [5.74, 6) is -0.276. The summed E-state index contributed by atoms with van der Waals surface area (Å²) in [6, 6.07) is 5.35. The number of halogens is 2. The van der Waals surface area contributed by atoms with Crippen molar-refractivity contribution in [1.29, 1.82) is 0 Å². The van der Waals surface area contributed by atoms with Gasteiger partial charge in [0, 0.05) is 15.5 Å². The molecule has 0 bridgehead atoms. The number of rotatable bonds is 4. The van der Waals surface area contributed by atoms with Crippen molar-refractivity contribution in [2.75, 3.05) is 7.11 Å². The Hall–Kier alpha value is -0.580. The third-order valence-electron chi connectivity index (χ3n) is 3.96. The van der Waals surface area contributed by atoms with Gasteiger partial charge in [0.15, 0.2) is 0 Å². The predicted octanol–water partition coefficient (Wildman–Crippen LogP) is 4.63. The molecular formula is C16H21BrClNO2. The van der Waals surface area contributed by atoms with Crippen LogP contribution in [0.15, 0.2) is 22.7 Å². The number of hydrogen-bond acceptors (Lipinski definition) is 3. The van der Waals surface area contributed by atoms with Gasteiger partial charge in [-0.05, 0) is 36.6 Å². The van der Waals surface area contributed by atoms with Gasteiger partial charge in [-0.2, -0.15) is 0 Å². The van der Waals surface area contributed by atoms with E-state index in [1.54, 1.807) is 6.07 Å². The Morgan fingerprint density at radius 2 is 2.00 bits per heavy atom. The van der Waals surface area contributed by atoms with Crippen molar-refractivity contribution in [2.24, 2.45) is 0 Å². The van der Waals surface area contributed by atoms with Crippen LogP contribution in [0.2, 0.25) is 5.02 Å². The third kappa shape index (κ3) is 4.70. The number of esters is 1. The van der Waals surface area contributed by atoms with E-state index in [2.05, 4.69) is 21.2 Å². The van der Waals surface area contributed by atoms with E-state index in [1.807, 2.05) is 12.1 Å². The second-order valence-electron chi connectivity index (χ2n) is 5.48. The van der Waals surface area contributed by atoms with Crippen molar-refractivity contribution in [2.45, 2.75) is 50.6 Å². The van der Waals surface area contributed by atoms with E-state index >= 15 is 0 Å². The summed E-state index contributed by atoms with van der Waals surface area (Å²) >= 11 is 9.58. The highest BCUT2D eigenvalue weighted by Crippen LogP contribution is 2.29. The zero-order valence-corrected chi connectivity index (χ0v) is 14.5. The van der Waals surface area contributed by atoms with Gasteiger partial charge in [0.05, 0.1) is 7.11 Å². The Balaban J connectivity index is 2.21. The van der Waals surface area contributed by atoms with E-state index in [1.165, 1.54) is 32.8 Å². The Kier molecular flexibility index (Phi) is 6.52. The fourth-order valence-electron chi connectivity index (χ4n) is 2.82. The van der Waals surface area contributed by atoms with Crippen molar-refractivity contribution in [3.63, 3.8) is 0 Å². The largest absolute Gasteiger partial charge is 0.468 e. The normalized spacial score (nSPS) is 18.0. The molecule has 5 heteroatoms. The summed E-state index contributed by atoms with van der Waals surface area (Å²) in [6.45, 7) is 0. The monoisotopic (exact) mass is 373 g/mol. The number of methoxy groups -OCH3 is 1. The molecule has 1 aromatic carbocycles. The highest BCUT2D eigenvalue weighted by Gasteiger charge is 2.27. The number of carbonyl (C=O) groups excluding carboxylic acids is 1. The van der Waals surface area contributed by atoms with Gasteiger partial charge in [0.25, 0.3) is 0 Å². The quantitative estimate of drug-likeness (QED) is 0.617. The molecule has 1 fully saturated rings. The molecule has 0 saturated heterocycles. The van der Waals surface area contributed by atoms with E-state index in [0.717, 1.165) is 22.9 Å². The Labute approximate surface area is 139 Å². The maximum absolute atomic E-state index is 12.2. The summed E-state index contributed by atoms with van der Waals surface area (Å²) in [4.78, 5) is 12.2. The van der Waals surface area contributed by atoms with E-state index < -0.39 is 6.04 Å². The zero-order chi connectivity index (χ0) is 15.2. The van der Waals surface area contributed by atoms with Gasteiger partial charge in [0.2, 0.25) is 0 Å². The minimum atomic E-state index is -0.480. The predicted molar refractivity (Wildman–Crippen MR) is 88.5 cm³/mol. The fourth-order valence-corrected chi connectivity index (χ4v) is 3.48. The molecule has 1 saturated carbocycles. The average Bonchev–Trinajstić information content (AvgIpc) is 2.75. The number of hydrogen-bond donors (Lipinski definition) is 1. The highest BCUT2D eigenvalue weighted by atomic mass is 79.9. The lowest BCUT2D eigenvalue weighted by Crippen LogP contribution is -2.37. The number of benzene rings is 1. The van der Waals surface area contributed by atoms with Gasteiger partial charge in [-0.25, -0.2) is 4.79 Å². The van der Waals surface area contributed by atoms with Gasteiger partial charge in [-0.15, -0.1) is 0 Å². The maximum Gasteiger partial charge on any atom is 0.327 e. The molecule has 1 atom stereocenters. The van der Waals surface area contributed by atoms with Crippen LogP contribution in [0.5, 0.6) is 0 Å². The second-order valence-corrected chi connectivity index (χ2v) is 6.77. The molecule has 3 nitrogen and oxygen atoms in total. The number of carbonyl (C=O) groups is 1. The Bertz CT molecular complexity index is 487.